The predicted octanol–water partition coefficient (Wildman–Crippen LogP) is 3.97. The molecule has 3 unspecified atom stereocenters. The molecule has 1 aromatic heterocycles. The Morgan fingerprint density at radius 3 is 2.65 bits per heavy atom. The molecule has 0 spiro atoms. The summed E-state index contributed by atoms with van der Waals surface area (Å²) in [6.45, 7) is 6.86. The second-order valence-electron chi connectivity index (χ2n) is 8.28. The number of aryl methyl sites for hydroxylation is 1. The Morgan fingerprint density at radius 1 is 1.27 bits per heavy atom. The summed E-state index contributed by atoms with van der Waals surface area (Å²) < 4.78 is 5.83. The molecule has 2 aliphatic rings. The number of furan rings is 1. The minimum atomic E-state index is -0.131. The molecule has 0 bridgehead atoms. The van der Waals surface area contributed by atoms with Crippen molar-refractivity contribution in [1.82, 2.24) is 10.2 Å². The topological polar surface area (TPSA) is 62.6 Å². The Hall–Kier alpha value is -1.78. The number of nitrogens with zero attached hydrogens (tertiary/aromatic N) is 1. The van der Waals surface area contributed by atoms with Crippen molar-refractivity contribution in [3.05, 3.63) is 23.7 Å². The SMILES string of the molecule is Cc1ccc(C2CC(C)CCN2C(=O)CC(C)NC(=O)C2CCCC2)o1. The first-order chi connectivity index (χ1) is 12.4. The van der Waals surface area contributed by atoms with Crippen LogP contribution in [0.4, 0.5) is 0 Å². The van der Waals surface area contributed by atoms with Crippen LogP contribution in [0.3, 0.4) is 0 Å². The first-order valence-electron chi connectivity index (χ1n) is 10.1. The Labute approximate surface area is 156 Å². The van der Waals surface area contributed by atoms with Crippen LogP contribution in [0.5, 0.6) is 0 Å². The summed E-state index contributed by atoms with van der Waals surface area (Å²) in [7, 11) is 0. The Kier molecular flexibility index (Phi) is 6.05. The van der Waals surface area contributed by atoms with E-state index >= 15 is 0 Å². The standard InChI is InChI=1S/C21H32N2O3/c1-14-10-11-23(18(12-14)19-9-8-16(3)26-19)20(24)13-15(2)22-21(25)17-6-4-5-7-17/h8-9,14-15,17-18H,4-7,10-13H2,1-3H3,(H,22,25). The van der Waals surface area contributed by atoms with Gasteiger partial charge in [0.15, 0.2) is 0 Å². The van der Waals surface area contributed by atoms with Crippen molar-refractivity contribution in [3.8, 4) is 0 Å². The maximum atomic E-state index is 12.9. The Morgan fingerprint density at radius 2 is 2.00 bits per heavy atom. The second-order valence-corrected chi connectivity index (χ2v) is 8.28. The highest BCUT2D eigenvalue weighted by atomic mass is 16.3. The molecular formula is C21H32N2O3. The summed E-state index contributed by atoms with van der Waals surface area (Å²) >= 11 is 0. The zero-order valence-corrected chi connectivity index (χ0v) is 16.3. The molecule has 3 atom stereocenters. The van der Waals surface area contributed by atoms with Crippen LogP contribution in [0.2, 0.25) is 0 Å². The van der Waals surface area contributed by atoms with Gasteiger partial charge in [-0.2, -0.15) is 0 Å². The van der Waals surface area contributed by atoms with E-state index in [1.54, 1.807) is 0 Å². The fourth-order valence-electron chi connectivity index (χ4n) is 4.32. The summed E-state index contributed by atoms with van der Waals surface area (Å²) in [6.07, 6.45) is 6.55. The Balaban J connectivity index is 1.60. The number of rotatable bonds is 5. The highest BCUT2D eigenvalue weighted by Crippen LogP contribution is 2.35. The molecule has 1 N–H and O–H groups in total. The quantitative estimate of drug-likeness (QED) is 0.864. The first kappa shape index (κ1) is 19.0. The molecule has 2 fully saturated rings. The predicted molar refractivity (Wildman–Crippen MR) is 100 cm³/mol. The molecule has 1 aromatic rings. The van der Waals surface area contributed by atoms with E-state index in [9.17, 15) is 9.59 Å². The van der Waals surface area contributed by atoms with Crippen molar-refractivity contribution in [2.45, 2.75) is 77.8 Å². The van der Waals surface area contributed by atoms with E-state index in [0.717, 1.165) is 56.6 Å². The number of amides is 2. The molecule has 1 saturated heterocycles. The molecule has 3 rings (SSSR count). The number of carbonyl (C=O) groups excluding carboxylic acids is 2. The zero-order chi connectivity index (χ0) is 18.7. The third-order valence-corrected chi connectivity index (χ3v) is 5.87. The number of hydrogen-bond acceptors (Lipinski definition) is 3. The molecule has 144 valence electrons. The van der Waals surface area contributed by atoms with Crippen LogP contribution in [0.15, 0.2) is 16.5 Å². The van der Waals surface area contributed by atoms with Crippen LogP contribution >= 0.6 is 0 Å². The number of likely N-dealkylation sites (tertiary alicyclic amines) is 1. The Bertz CT molecular complexity index is 633. The van der Waals surface area contributed by atoms with E-state index in [1.807, 2.05) is 30.9 Å². The summed E-state index contributed by atoms with van der Waals surface area (Å²) in [5, 5.41) is 3.05. The normalized spacial score (nSPS) is 25.3. The number of hydrogen-bond donors (Lipinski definition) is 1. The number of carbonyl (C=O) groups is 2. The lowest BCUT2D eigenvalue weighted by Crippen LogP contribution is -2.44. The van der Waals surface area contributed by atoms with Crippen LogP contribution < -0.4 is 5.32 Å². The van der Waals surface area contributed by atoms with Gasteiger partial charge < -0.3 is 14.6 Å². The molecule has 1 saturated carbocycles. The fraction of sp³-hybridized carbons (Fsp3) is 0.714. The summed E-state index contributed by atoms with van der Waals surface area (Å²) in [6, 6.07) is 3.83. The lowest BCUT2D eigenvalue weighted by molar-refractivity contribution is -0.137. The molecule has 2 heterocycles. The van der Waals surface area contributed by atoms with E-state index in [4.69, 9.17) is 4.42 Å². The smallest absolute Gasteiger partial charge is 0.225 e. The van der Waals surface area contributed by atoms with Crippen LogP contribution in [-0.2, 0) is 9.59 Å². The van der Waals surface area contributed by atoms with Gasteiger partial charge in [0.05, 0.1) is 6.04 Å². The monoisotopic (exact) mass is 360 g/mol. The minimum Gasteiger partial charge on any atom is -0.464 e. The van der Waals surface area contributed by atoms with Crippen LogP contribution in [0.1, 0.15) is 76.4 Å². The highest BCUT2D eigenvalue weighted by Gasteiger charge is 2.33. The van der Waals surface area contributed by atoms with Gasteiger partial charge in [0.2, 0.25) is 11.8 Å². The third-order valence-electron chi connectivity index (χ3n) is 5.87. The number of nitrogens with one attached hydrogen (secondary N) is 1. The van der Waals surface area contributed by atoms with Gasteiger partial charge in [-0.05, 0) is 57.6 Å². The van der Waals surface area contributed by atoms with Gasteiger partial charge in [-0.15, -0.1) is 0 Å². The van der Waals surface area contributed by atoms with E-state index in [2.05, 4.69) is 12.2 Å². The minimum absolute atomic E-state index is 0.0117. The van der Waals surface area contributed by atoms with Crippen molar-refractivity contribution in [3.63, 3.8) is 0 Å². The van der Waals surface area contributed by atoms with Crippen molar-refractivity contribution in [1.29, 1.82) is 0 Å². The van der Waals surface area contributed by atoms with Gasteiger partial charge in [0.25, 0.3) is 0 Å². The fourth-order valence-corrected chi connectivity index (χ4v) is 4.32. The molecule has 1 aliphatic carbocycles. The van der Waals surface area contributed by atoms with Crippen molar-refractivity contribution in [2.75, 3.05) is 6.54 Å². The van der Waals surface area contributed by atoms with E-state index in [0.29, 0.717) is 12.3 Å². The highest BCUT2D eigenvalue weighted by molar-refractivity contribution is 5.81. The van der Waals surface area contributed by atoms with Crippen molar-refractivity contribution >= 4 is 11.8 Å². The molecule has 0 radical (unpaired) electrons. The van der Waals surface area contributed by atoms with Gasteiger partial charge in [0, 0.05) is 24.9 Å². The molecule has 5 heteroatoms. The third kappa shape index (κ3) is 4.49. The molecule has 2 amide bonds. The summed E-state index contributed by atoms with van der Waals surface area (Å²) in [4.78, 5) is 27.2. The van der Waals surface area contributed by atoms with Crippen LogP contribution in [0.25, 0.3) is 0 Å². The molecular weight excluding hydrogens is 328 g/mol. The van der Waals surface area contributed by atoms with E-state index < -0.39 is 0 Å². The molecule has 0 aromatic carbocycles. The lowest BCUT2D eigenvalue weighted by atomic mass is 9.90. The summed E-state index contributed by atoms with van der Waals surface area (Å²) in [5.74, 6) is 2.70. The van der Waals surface area contributed by atoms with E-state index in [-0.39, 0.29) is 29.8 Å². The molecule has 1 aliphatic heterocycles. The largest absolute Gasteiger partial charge is 0.464 e. The van der Waals surface area contributed by atoms with Gasteiger partial charge in [-0.3, -0.25) is 9.59 Å². The summed E-state index contributed by atoms with van der Waals surface area (Å²) in [5.41, 5.74) is 0. The van der Waals surface area contributed by atoms with Crippen molar-refractivity contribution < 1.29 is 14.0 Å². The first-order valence-corrected chi connectivity index (χ1v) is 10.1. The van der Waals surface area contributed by atoms with Gasteiger partial charge in [-0.25, -0.2) is 0 Å². The lowest BCUT2D eigenvalue weighted by Gasteiger charge is -2.38. The van der Waals surface area contributed by atoms with E-state index in [1.165, 1.54) is 0 Å². The average molecular weight is 360 g/mol. The maximum absolute atomic E-state index is 12.9. The average Bonchev–Trinajstić information content (AvgIpc) is 3.26. The molecule has 5 nitrogen and oxygen atoms in total. The zero-order valence-electron chi connectivity index (χ0n) is 16.3. The maximum Gasteiger partial charge on any atom is 0.225 e. The van der Waals surface area contributed by atoms with Gasteiger partial charge >= 0.3 is 0 Å². The van der Waals surface area contributed by atoms with Gasteiger partial charge in [-0.1, -0.05) is 19.8 Å². The second kappa shape index (κ2) is 8.28. The van der Waals surface area contributed by atoms with Crippen LogP contribution in [-0.4, -0.2) is 29.3 Å². The molecule has 26 heavy (non-hydrogen) atoms. The van der Waals surface area contributed by atoms with Crippen molar-refractivity contribution in [2.24, 2.45) is 11.8 Å². The van der Waals surface area contributed by atoms with Gasteiger partial charge in [0.1, 0.15) is 11.5 Å². The number of piperidine rings is 1. The van der Waals surface area contributed by atoms with Crippen LogP contribution in [0, 0.1) is 18.8 Å².